The molecule has 1 saturated heterocycles. The molecule has 2 rings (SSSR count). The lowest BCUT2D eigenvalue weighted by Crippen LogP contribution is -2.15. The molecule has 2 atom stereocenters. The minimum Gasteiger partial charge on any atom is -0.481 e. The van der Waals surface area contributed by atoms with Gasteiger partial charge in [-0.3, -0.25) is 4.79 Å². The quantitative estimate of drug-likeness (QED) is 0.565. The fourth-order valence-corrected chi connectivity index (χ4v) is 2.05. The molecule has 0 radical (unpaired) electrons. The number of piperidine rings is 1. The van der Waals surface area contributed by atoms with Gasteiger partial charge in [-0.2, -0.15) is 0 Å². The molecule has 3 heteroatoms. The molecular formula is C7H11NO2. The summed E-state index contributed by atoms with van der Waals surface area (Å²) in [7, 11) is 0. The highest BCUT2D eigenvalue weighted by atomic mass is 16.4. The molecule has 1 aliphatic carbocycles. The van der Waals surface area contributed by atoms with Gasteiger partial charge < -0.3 is 10.4 Å². The molecule has 0 aromatic heterocycles. The fourth-order valence-electron chi connectivity index (χ4n) is 2.05. The maximum absolute atomic E-state index is 10.3. The zero-order valence-corrected chi connectivity index (χ0v) is 5.71. The van der Waals surface area contributed by atoms with E-state index >= 15 is 0 Å². The van der Waals surface area contributed by atoms with Crippen LogP contribution in [0, 0.1) is 17.8 Å². The van der Waals surface area contributed by atoms with Crippen LogP contribution in [0.3, 0.4) is 0 Å². The lowest BCUT2D eigenvalue weighted by atomic mass is 10.2. The largest absolute Gasteiger partial charge is 0.481 e. The Labute approximate surface area is 59.4 Å². The molecule has 1 saturated carbocycles. The molecule has 2 fully saturated rings. The average Bonchev–Trinajstić information content (AvgIpc) is 2.40. The van der Waals surface area contributed by atoms with Gasteiger partial charge in [0.05, 0.1) is 0 Å². The third kappa shape index (κ3) is 0.814. The molecule has 1 heterocycles. The first-order chi connectivity index (χ1) is 4.79. The Bertz CT molecular complexity index is 159. The maximum Gasteiger partial charge on any atom is 0.303 e. The molecule has 0 bridgehead atoms. The summed E-state index contributed by atoms with van der Waals surface area (Å²) in [6, 6.07) is 0. The van der Waals surface area contributed by atoms with Crippen LogP contribution in [0.5, 0.6) is 0 Å². The van der Waals surface area contributed by atoms with Crippen LogP contribution in [0.15, 0.2) is 0 Å². The zero-order valence-electron chi connectivity index (χ0n) is 5.71. The Morgan fingerprint density at radius 2 is 2.10 bits per heavy atom. The summed E-state index contributed by atoms with van der Waals surface area (Å²) < 4.78 is 0. The molecular weight excluding hydrogens is 130 g/mol. The van der Waals surface area contributed by atoms with Crippen molar-refractivity contribution in [2.45, 2.75) is 6.42 Å². The lowest BCUT2D eigenvalue weighted by molar-refractivity contribution is -0.137. The summed E-state index contributed by atoms with van der Waals surface area (Å²) in [5, 5.41) is 11.7. The Balaban J connectivity index is 1.84. The number of hydrogen-bond donors (Lipinski definition) is 2. The number of carboxylic acids is 1. The minimum absolute atomic E-state index is 0.386. The van der Waals surface area contributed by atoms with Crippen LogP contribution in [0.2, 0.25) is 0 Å². The monoisotopic (exact) mass is 141 g/mol. The SMILES string of the molecule is O=C(O)CC1[C@H]2CNC[C@H]12. The minimum atomic E-state index is -0.639. The molecule has 56 valence electrons. The summed E-state index contributed by atoms with van der Waals surface area (Å²) in [4.78, 5) is 10.3. The van der Waals surface area contributed by atoms with Crippen molar-refractivity contribution < 1.29 is 9.90 Å². The van der Waals surface area contributed by atoms with E-state index in [9.17, 15) is 4.79 Å². The summed E-state index contributed by atoms with van der Waals surface area (Å²) in [6.07, 6.45) is 0.386. The van der Waals surface area contributed by atoms with E-state index in [0.717, 1.165) is 13.1 Å². The molecule has 2 aliphatic rings. The lowest BCUT2D eigenvalue weighted by Gasteiger charge is -1.98. The summed E-state index contributed by atoms with van der Waals surface area (Å²) in [5.74, 6) is 1.24. The first-order valence-corrected chi connectivity index (χ1v) is 3.71. The van der Waals surface area contributed by atoms with Crippen molar-refractivity contribution in [3.8, 4) is 0 Å². The summed E-state index contributed by atoms with van der Waals surface area (Å²) >= 11 is 0. The van der Waals surface area contributed by atoms with E-state index in [2.05, 4.69) is 5.32 Å². The fraction of sp³-hybridized carbons (Fsp3) is 0.857. The van der Waals surface area contributed by atoms with Gasteiger partial charge in [-0.1, -0.05) is 0 Å². The van der Waals surface area contributed by atoms with E-state index in [1.54, 1.807) is 0 Å². The normalized spacial score (nSPS) is 43.0. The van der Waals surface area contributed by atoms with Crippen molar-refractivity contribution in [3.63, 3.8) is 0 Å². The van der Waals surface area contributed by atoms with E-state index in [0.29, 0.717) is 24.2 Å². The van der Waals surface area contributed by atoms with Crippen LogP contribution in [0.4, 0.5) is 0 Å². The van der Waals surface area contributed by atoms with Gasteiger partial charge in [-0.05, 0) is 30.8 Å². The highest BCUT2D eigenvalue weighted by Gasteiger charge is 2.53. The predicted molar refractivity (Wildman–Crippen MR) is 35.6 cm³/mol. The Morgan fingerprint density at radius 3 is 2.60 bits per heavy atom. The third-order valence-corrected chi connectivity index (χ3v) is 2.68. The van der Waals surface area contributed by atoms with Crippen molar-refractivity contribution in [3.05, 3.63) is 0 Å². The second-order valence-corrected chi connectivity index (χ2v) is 3.25. The first kappa shape index (κ1) is 6.16. The van der Waals surface area contributed by atoms with E-state index in [4.69, 9.17) is 5.11 Å². The van der Waals surface area contributed by atoms with Gasteiger partial charge in [0.15, 0.2) is 0 Å². The van der Waals surface area contributed by atoms with Gasteiger partial charge in [0.1, 0.15) is 0 Å². The van der Waals surface area contributed by atoms with Crippen molar-refractivity contribution in [2.75, 3.05) is 13.1 Å². The molecule has 0 unspecified atom stereocenters. The van der Waals surface area contributed by atoms with Crippen LogP contribution in [-0.4, -0.2) is 24.2 Å². The smallest absolute Gasteiger partial charge is 0.303 e. The van der Waals surface area contributed by atoms with Gasteiger partial charge in [-0.25, -0.2) is 0 Å². The molecule has 0 aromatic carbocycles. The highest BCUT2D eigenvalue weighted by molar-refractivity contribution is 5.67. The topological polar surface area (TPSA) is 49.3 Å². The van der Waals surface area contributed by atoms with Crippen molar-refractivity contribution >= 4 is 5.97 Å². The third-order valence-electron chi connectivity index (χ3n) is 2.68. The molecule has 1 aliphatic heterocycles. The van der Waals surface area contributed by atoms with E-state index in [1.165, 1.54) is 0 Å². The molecule has 0 amide bonds. The second-order valence-electron chi connectivity index (χ2n) is 3.25. The van der Waals surface area contributed by atoms with Crippen molar-refractivity contribution in [2.24, 2.45) is 17.8 Å². The predicted octanol–water partition coefficient (Wildman–Crippen LogP) is -0.0735. The summed E-state index contributed by atoms with van der Waals surface area (Å²) in [5.41, 5.74) is 0. The van der Waals surface area contributed by atoms with E-state index < -0.39 is 5.97 Å². The van der Waals surface area contributed by atoms with Crippen LogP contribution in [0.25, 0.3) is 0 Å². The molecule has 2 N–H and O–H groups in total. The van der Waals surface area contributed by atoms with Gasteiger partial charge >= 0.3 is 5.97 Å². The highest BCUT2D eigenvalue weighted by Crippen LogP contribution is 2.50. The summed E-state index contributed by atoms with van der Waals surface area (Å²) in [6.45, 7) is 2.09. The number of nitrogens with one attached hydrogen (secondary N) is 1. The van der Waals surface area contributed by atoms with Gasteiger partial charge in [0.25, 0.3) is 0 Å². The Hall–Kier alpha value is -0.570. The first-order valence-electron chi connectivity index (χ1n) is 3.71. The Morgan fingerprint density at radius 1 is 1.50 bits per heavy atom. The number of aliphatic carboxylic acids is 1. The van der Waals surface area contributed by atoms with Crippen LogP contribution in [-0.2, 0) is 4.79 Å². The van der Waals surface area contributed by atoms with Crippen LogP contribution in [0.1, 0.15) is 6.42 Å². The van der Waals surface area contributed by atoms with E-state index in [1.807, 2.05) is 0 Å². The molecule has 10 heavy (non-hydrogen) atoms. The average molecular weight is 141 g/mol. The van der Waals surface area contributed by atoms with E-state index in [-0.39, 0.29) is 0 Å². The second kappa shape index (κ2) is 1.95. The Kier molecular flexibility index (Phi) is 1.20. The van der Waals surface area contributed by atoms with Crippen LogP contribution >= 0.6 is 0 Å². The van der Waals surface area contributed by atoms with Gasteiger partial charge in [-0.15, -0.1) is 0 Å². The number of carboxylic acid groups (broad SMARTS) is 1. The number of carbonyl (C=O) groups is 1. The molecule has 3 nitrogen and oxygen atoms in total. The van der Waals surface area contributed by atoms with Crippen molar-refractivity contribution in [1.82, 2.24) is 5.32 Å². The van der Waals surface area contributed by atoms with Crippen molar-refractivity contribution in [1.29, 1.82) is 0 Å². The van der Waals surface area contributed by atoms with Gasteiger partial charge in [0.2, 0.25) is 0 Å². The van der Waals surface area contributed by atoms with Crippen LogP contribution < -0.4 is 5.32 Å². The zero-order chi connectivity index (χ0) is 7.14. The number of rotatable bonds is 2. The maximum atomic E-state index is 10.3. The van der Waals surface area contributed by atoms with Gasteiger partial charge in [0, 0.05) is 6.42 Å². The molecule has 0 spiro atoms. The standard InChI is InChI=1S/C7H11NO2/c9-7(10)1-4-5-2-8-3-6(4)5/h4-6,8H,1-3H2,(H,9,10)/t5-,6-/m1/s1. The molecule has 0 aromatic rings. The number of hydrogen-bond acceptors (Lipinski definition) is 2. The number of fused-ring (bicyclic) bond motifs is 1.